The van der Waals surface area contributed by atoms with Gasteiger partial charge in [0.05, 0.1) is 7.11 Å². The van der Waals surface area contributed by atoms with Gasteiger partial charge in [-0.1, -0.05) is 0 Å². The van der Waals surface area contributed by atoms with Crippen LogP contribution in [0.3, 0.4) is 0 Å². The number of rotatable bonds is 8. The lowest BCUT2D eigenvalue weighted by atomic mass is 9.61. The number of carbonyl (C=O) groups excluding carboxylic acids is 1. The summed E-state index contributed by atoms with van der Waals surface area (Å²) in [5.74, 6) is 0.693. The Morgan fingerprint density at radius 3 is 2.44 bits per heavy atom. The van der Waals surface area contributed by atoms with Crippen molar-refractivity contribution >= 4 is 28.9 Å². The lowest BCUT2D eigenvalue weighted by molar-refractivity contribution is -0.0342. The third kappa shape index (κ3) is 5.77. The minimum absolute atomic E-state index is 0.0379. The summed E-state index contributed by atoms with van der Waals surface area (Å²) in [5.41, 5.74) is 9.07. The molecule has 0 radical (unpaired) electrons. The average Bonchev–Trinajstić information content (AvgIpc) is 2.98. The second kappa shape index (κ2) is 11.5. The number of hydrogen-bond acceptors (Lipinski definition) is 10. The van der Waals surface area contributed by atoms with E-state index in [0.717, 1.165) is 76.5 Å². The number of piperazine rings is 1. The van der Waals surface area contributed by atoms with Gasteiger partial charge in [0.25, 0.3) is 5.91 Å². The molecule has 4 N–H and O–H groups in total. The monoisotopic (exact) mass is 558 g/mol. The average molecular weight is 559 g/mol. The maximum absolute atomic E-state index is 12.6. The summed E-state index contributed by atoms with van der Waals surface area (Å²) in [6, 6.07) is 12.0. The van der Waals surface area contributed by atoms with Crippen LogP contribution in [0, 0.1) is 5.41 Å². The minimum atomic E-state index is -0.679. The zero-order valence-electron chi connectivity index (χ0n) is 23.7. The molecule has 2 aromatic heterocycles. The van der Waals surface area contributed by atoms with Crippen LogP contribution in [-0.2, 0) is 4.74 Å². The molecule has 1 amide bonds. The molecule has 0 atom stereocenters. The van der Waals surface area contributed by atoms with Crippen LogP contribution in [0.15, 0.2) is 42.6 Å². The highest BCUT2D eigenvalue weighted by Gasteiger charge is 2.45. The zero-order chi connectivity index (χ0) is 28.4. The Hall–Kier alpha value is -3.96. The van der Waals surface area contributed by atoms with E-state index < -0.39 is 5.91 Å². The molecule has 1 spiro atoms. The molecule has 2 aliphatic heterocycles. The molecular formula is C30H38N8O3. The summed E-state index contributed by atoms with van der Waals surface area (Å²) >= 11 is 0. The molecule has 6 rings (SSSR count). The molecule has 41 heavy (non-hydrogen) atoms. The predicted octanol–water partition coefficient (Wildman–Crippen LogP) is 3.51. The van der Waals surface area contributed by atoms with Crippen molar-refractivity contribution in [3.8, 4) is 17.1 Å². The van der Waals surface area contributed by atoms with Gasteiger partial charge in [0.15, 0.2) is 17.3 Å². The van der Waals surface area contributed by atoms with Crippen LogP contribution in [0.25, 0.3) is 11.4 Å². The van der Waals surface area contributed by atoms with Gasteiger partial charge in [0, 0.05) is 63.0 Å². The summed E-state index contributed by atoms with van der Waals surface area (Å²) in [6.45, 7) is 5.69. The van der Waals surface area contributed by atoms with Gasteiger partial charge in [-0.2, -0.15) is 0 Å². The first-order valence-electron chi connectivity index (χ1n) is 14.3. The number of nitrogens with two attached hydrogens (primary N) is 1. The molecule has 11 heteroatoms. The van der Waals surface area contributed by atoms with Gasteiger partial charge in [0.1, 0.15) is 17.1 Å². The SMILES string of the molecule is COc1cccnc1-c1nc(C(N)=O)c(Nc2ccc(N3CCN(C)CC3)cc2)nc1NC1CC2(CCOCC2)C1. The van der Waals surface area contributed by atoms with E-state index in [1.54, 1.807) is 19.4 Å². The number of pyridine rings is 1. The quantitative estimate of drug-likeness (QED) is 0.377. The van der Waals surface area contributed by atoms with Crippen LogP contribution in [0.4, 0.5) is 23.0 Å². The molecule has 3 fully saturated rings. The second-order valence-corrected chi connectivity index (χ2v) is 11.4. The number of ether oxygens (including phenoxy) is 2. The number of anilines is 4. The number of likely N-dealkylation sites (N-methyl/N-ethyl adjacent to an activating group) is 1. The molecular weight excluding hydrogens is 520 g/mol. The second-order valence-electron chi connectivity index (χ2n) is 11.4. The van der Waals surface area contributed by atoms with Crippen LogP contribution in [0.2, 0.25) is 0 Å². The van der Waals surface area contributed by atoms with E-state index in [1.165, 1.54) is 0 Å². The number of carbonyl (C=O) groups is 1. The molecule has 3 aliphatic rings. The first-order chi connectivity index (χ1) is 19.9. The van der Waals surface area contributed by atoms with E-state index in [-0.39, 0.29) is 11.7 Å². The number of methoxy groups -OCH3 is 1. The predicted molar refractivity (Wildman–Crippen MR) is 159 cm³/mol. The highest BCUT2D eigenvalue weighted by Crippen LogP contribution is 2.50. The van der Waals surface area contributed by atoms with E-state index in [1.807, 2.05) is 18.2 Å². The molecule has 216 valence electrons. The van der Waals surface area contributed by atoms with Gasteiger partial charge < -0.3 is 35.6 Å². The molecule has 0 bridgehead atoms. The van der Waals surface area contributed by atoms with Crippen molar-refractivity contribution in [3.05, 3.63) is 48.3 Å². The van der Waals surface area contributed by atoms with Gasteiger partial charge in [-0.15, -0.1) is 0 Å². The van der Waals surface area contributed by atoms with Crippen LogP contribution < -0.4 is 26.0 Å². The minimum Gasteiger partial charge on any atom is -0.494 e. The van der Waals surface area contributed by atoms with E-state index in [2.05, 4.69) is 44.6 Å². The van der Waals surface area contributed by atoms with Crippen molar-refractivity contribution in [1.82, 2.24) is 19.9 Å². The first kappa shape index (κ1) is 27.2. The largest absolute Gasteiger partial charge is 0.494 e. The number of nitrogens with one attached hydrogen (secondary N) is 2. The van der Waals surface area contributed by atoms with Crippen LogP contribution in [0.1, 0.15) is 36.2 Å². The van der Waals surface area contributed by atoms with Crippen molar-refractivity contribution < 1.29 is 14.3 Å². The summed E-state index contributed by atoms with van der Waals surface area (Å²) < 4.78 is 11.2. The van der Waals surface area contributed by atoms with Crippen molar-refractivity contribution in [2.24, 2.45) is 11.1 Å². The van der Waals surface area contributed by atoms with E-state index in [4.69, 9.17) is 25.2 Å². The molecule has 1 saturated carbocycles. The van der Waals surface area contributed by atoms with E-state index in [9.17, 15) is 4.79 Å². The fourth-order valence-electron chi connectivity index (χ4n) is 6.14. The van der Waals surface area contributed by atoms with E-state index in [0.29, 0.717) is 34.2 Å². The van der Waals surface area contributed by atoms with Crippen LogP contribution in [-0.4, -0.2) is 85.4 Å². The van der Waals surface area contributed by atoms with Crippen LogP contribution in [0.5, 0.6) is 5.75 Å². The Kier molecular flexibility index (Phi) is 7.63. The maximum Gasteiger partial charge on any atom is 0.271 e. The number of nitrogens with zero attached hydrogens (tertiary/aromatic N) is 5. The molecule has 1 aromatic carbocycles. The van der Waals surface area contributed by atoms with Gasteiger partial charge in [-0.3, -0.25) is 9.78 Å². The molecule has 1 aliphatic carbocycles. The Morgan fingerprint density at radius 2 is 1.76 bits per heavy atom. The molecule has 4 heterocycles. The highest BCUT2D eigenvalue weighted by atomic mass is 16.5. The van der Waals surface area contributed by atoms with Crippen molar-refractivity contribution in [1.29, 1.82) is 0 Å². The molecule has 11 nitrogen and oxygen atoms in total. The van der Waals surface area contributed by atoms with Gasteiger partial charge in [-0.05, 0) is 74.5 Å². The number of aromatic nitrogens is 3. The van der Waals surface area contributed by atoms with E-state index >= 15 is 0 Å². The van der Waals surface area contributed by atoms with Gasteiger partial charge >= 0.3 is 0 Å². The standard InChI is InChI=1S/C30H38N8O3/c1-37-12-14-38(15-13-37)22-7-5-20(6-8-22)33-29-26(27(31)39)35-25(24-23(40-2)4-3-11-32-24)28(36-29)34-21-18-30(19-21)9-16-41-17-10-30/h3-8,11,21H,9-10,12-19H2,1-2H3,(H2,31,39)(H2,33,34,36). The lowest BCUT2D eigenvalue weighted by Gasteiger charge is -2.50. The molecule has 3 aromatic rings. The fraction of sp³-hybridized carbons (Fsp3) is 0.467. The zero-order valence-corrected chi connectivity index (χ0v) is 23.7. The third-order valence-corrected chi connectivity index (χ3v) is 8.60. The normalized spacial score (nSPS) is 19.0. The van der Waals surface area contributed by atoms with Gasteiger partial charge in [0.2, 0.25) is 0 Å². The number of amides is 1. The van der Waals surface area contributed by atoms with Crippen molar-refractivity contribution in [3.63, 3.8) is 0 Å². The highest BCUT2D eigenvalue weighted by molar-refractivity contribution is 5.97. The summed E-state index contributed by atoms with van der Waals surface area (Å²) in [5, 5.41) is 6.90. The van der Waals surface area contributed by atoms with Crippen molar-refractivity contribution in [2.45, 2.75) is 31.7 Å². The Bertz CT molecular complexity index is 1380. The molecule has 0 unspecified atom stereocenters. The lowest BCUT2D eigenvalue weighted by Crippen LogP contribution is -2.48. The maximum atomic E-state index is 12.6. The van der Waals surface area contributed by atoms with Crippen molar-refractivity contribution in [2.75, 3.05) is 69.1 Å². The number of benzene rings is 1. The Morgan fingerprint density at radius 1 is 1.02 bits per heavy atom. The first-order valence-corrected chi connectivity index (χ1v) is 14.3. The summed E-state index contributed by atoms with van der Waals surface area (Å²) in [4.78, 5) is 31.5. The fourth-order valence-corrected chi connectivity index (χ4v) is 6.14. The van der Waals surface area contributed by atoms with Crippen LogP contribution >= 0.6 is 0 Å². The number of primary amides is 1. The topological polar surface area (TPSA) is 131 Å². The Balaban J connectivity index is 1.30. The third-order valence-electron chi connectivity index (χ3n) is 8.60. The summed E-state index contributed by atoms with van der Waals surface area (Å²) in [7, 11) is 3.73. The summed E-state index contributed by atoms with van der Waals surface area (Å²) in [6.07, 6.45) is 5.89. The van der Waals surface area contributed by atoms with Gasteiger partial charge in [-0.25, -0.2) is 9.97 Å². The smallest absolute Gasteiger partial charge is 0.271 e. The Labute approximate surface area is 240 Å². The number of hydrogen-bond donors (Lipinski definition) is 3. The molecule has 2 saturated heterocycles.